The Hall–Kier alpha value is -4.05. The van der Waals surface area contributed by atoms with E-state index in [9.17, 15) is 19.2 Å². The minimum absolute atomic E-state index is 0.0319. The van der Waals surface area contributed by atoms with Crippen molar-refractivity contribution in [3.8, 4) is 0 Å². The predicted molar refractivity (Wildman–Crippen MR) is 127 cm³/mol. The highest BCUT2D eigenvalue weighted by molar-refractivity contribution is 7.16. The van der Waals surface area contributed by atoms with E-state index in [1.807, 2.05) is 30.3 Å². The maximum absolute atomic E-state index is 12.6. The first-order chi connectivity index (χ1) is 16.4. The van der Waals surface area contributed by atoms with Crippen molar-refractivity contribution in [2.75, 3.05) is 17.7 Å². The molecule has 1 aromatic heterocycles. The molecular weight excluding hydrogens is 456 g/mol. The number of nitrogens with one attached hydrogen (secondary N) is 3. The van der Waals surface area contributed by atoms with Crippen LogP contribution >= 0.6 is 11.3 Å². The number of hydrogen-bond donors (Lipinski definition) is 3. The molecule has 2 aromatic carbocycles. The Morgan fingerprint density at radius 2 is 1.82 bits per heavy atom. The number of aromatic nitrogens is 1. The molecule has 0 aliphatic carbocycles. The van der Waals surface area contributed by atoms with Crippen molar-refractivity contribution >= 4 is 45.8 Å². The summed E-state index contributed by atoms with van der Waals surface area (Å²) >= 11 is 1.19. The summed E-state index contributed by atoms with van der Waals surface area (Å²) in [6.07, 6.45) is 0.535. The summed E-state index contributed by atoms with van der Waals surface area (Å²) in [5.74, 6) is -1.74. The molecule has 10 heteroatoms. The molecule has 3 N–H and O–H groups in total. The van der Waals surface area contributed by atoms with Gasteiger partial charge in [-0.15, -0.1) is 11.3 Å². The van der Waals surface area contributed by atoms with Gasteiger partial charge in [-0.1, -0.05) is 42.5 Å². The number of nitrogens with zero attached hydrogens (tertiary/aromatic N) is 1. The largest absolute Gasteiger partial charge is 0.464 e. The molecule has 2 heterocycles. The number of para-hydroxylation sites is 1. The van der Waals surface area contributed by atoms with Crippen LogP contribution in [0.4, 0.5) is 10.8 Å². The molecule has 3 amide bonds. The lowest BCUT2D eigenvalue weighted by Gasteiger charge is -2.13. The van der Waals surface area contributed by atoms with Gasteiger partial charge in [-0.2, -0.15) is 0 Å². The zero-order valence-electron chi connectivity index (χ0n) is 18.3. The average molecular weight is 479 g/mol. The summed E-state index contributed by atoms with van der Waals surface area (Å²) in [5, 5.41) is 8.32. The van der Waals surface area contributed by atoms with Gasteiger partial charge >= 0.3 is 5.97 Å². The minimum atomic E-state index is -0.860. The van der Waals surface area contributed by atoms with E-state index in [1.54, 1.807) is 24.3 Å². The fourth-order valence-corrected chi connectivity index (χ4v) is 4.53. The third kappa shape index (κ3) is 5.29. The molecule has 4 rings (SSSR count). The van der Waals surface area contributed by atoms with Crippen LogP contribution in [0, 0.1) is 0 Å². The summed E-state index contributed by atoms with van der Waals surface area (Å²) in [7, 11) is 1.27. The first kappa shape index (κ1) is 23.1. The number of carbonyl (C=O) groups excluding carboxylic acids is 4. The van der Waals surface area contributed by atoms with Crippen LogP contribution in [0.2, 0.25) is 0 Å². The number of carbonyl (C=O) groups is 4. The van der Waals surface area contributed by atoms with Gasteiger partial charge in [0.15, 0.2) is 10.8 Å². The van der Waals surface area contributed by atoms with Crippen molar-refractivity contribution in [2.45, 2.75) is 25.3 Å². The van der Waals surface area contributed by atoms with Gasteiger partial charge in [0.25, 0.3) is 5.91 Å². The maximum Gasteiger partial charge on any atom is 0.357 e. The van der Waals surface area contributed by atoms with Crippen molar-refractivity contribution in [3.63, 3.8) is 0 Å². The predicted octanol–water partition coefficient (Wildman–Crippen LogP) is 2.99. The highest BCUT2D eigenvalue weighted by atomic mass is 32.1. The van der Waals surface area contributed by atoms with Crippen molar-refractivity contribution in [1.82, 2.24) is 10.3 Å². The number of thiazole rings is 1. The number of hydrogen-bond acceptors (Lipinski definition) is 7. The smallest absolute Gasteiger partial charge is 0.357 e. The van der Waals surface area contributed by atoms with Gasteiger partial charge in [0.05, 0.1) is 18.4 Å². The molecule has 3 aromatic rings. The summed E-state index contributed by atoms with van der Waals surface area (Å²) in [5.41, 5.74) is 1.94. The van der Waals surface area contributed by atoms with E-state index >= 15 is 0 Å². The second kappa shape index (κ2) is 10.3. The lowest BCUT2D eigenvalue weighted by atomic mass is 10.1. The van der Waals surface area contributed by atoms with Gasteiger partial charge in [-0.25, -0.2) is 9.78 Å². The Morgan fingerprint density at radius 3 is 2.59 bits per heavy atom. The number of anilines is 2. The van der Waals surface area contributed by atoms with Gasteiger partial charge in [0.1, 0.15) is 6.04 Å². The first-order valence-corrected chi connectivity index (χ1v) is 11.4. The summed E-state index contributed by atoms with van der Waals surface area (Å²) in [6.45, 7) is 0. The molecule has 0 fully saturated rings. The second-order valence-corrected chi connectivity index (χ2v) is 8.68. The molecule has 1 aliphatic rings. The Bertz CT molecular complexity index is 1240. The molecule has 1 aliphatic heterocycles. The third-order valence-electron chi connectivity index (χ3n) is 5.24. The number of ether oxygens (including phenoxy) is 1. The van der Waals surface area contributed by atoms with Gasteiger partial charge in [0.2, 0.25) is 11.8 Å². The Balaban J connectivity index is 1.40. The van der Waals surface area contributed by atoms with E-state index in [0.717, 1.165) is 5.56 Å². The standard InChI is InChI=1S/C24H22N4O5S/c1-33-23(32)20-18(13-14-7-3-2-4-8-14)34-24(28-20)27-19(29)12-11-17-22(31)25-16-10-6-5-9-15(16)21(30)26-17/h2-10,17H,11-13H2,1H3,(H,25,31)(H,26,30)(H,27,28,29)/t17-/m0/s1. The van der Waals surface area contributed by atoms with E-state index in [4.69, 9.17) is 4.74 Å². The summed E-state index contributed by atoms with van der Waals surface area (Å²) < 4.78 is 4.83. The summed E-state index contributed by atoms with van der Waals surface area (Å²) in [4.78, 5) is 54.6. The normalized spacial score (nSPS) is 14.9. The van der Waals surface area contributed by atoms with Crippen LogP contribution < -0.4 is 16.0 Å². The van der Waals surface area contributed by atoms with Crippen LogP contribution in [0.15, 0.2) is 54.6 Å². The molecule has 1 atom stereocenters. The minimum Gasteiger partial charge on any atom is -0.464 e. The van der Waals surface area contributed by atoms with Gasteiger partial charge in [-0.05, 0) is 24.1 Å². The lowest BCUT2D eigenvalue weighted by Crippen LogP contribution is -2.41. The highest BCUT2D eigenvalue weighted by Gasteiger charge is 2.28. The number of benzene rings is 2. The number of methoxy groups -OCH3 is 1. The Kier molecular flexibility index (Phi) is 6.98. The molecule has 0 radical (unpaired) electrons. The molecule has 0 saturated heterocycles. The average Bonchev–Trinajstić information content (AvgIpc) is 3.18. The zero-order chi connectivity index (χ0) is 24.1. The van der Waals surface area contributed by atoms with E-state index in [2.05, 4.69) is 20.9 Å². The second-order valence-electron chi connectivity index (χ2n) is 7.59. The van der Waals surface area contributed by atoms with Crippen molar-refractivity contribution in [1.29, 1.82) is 0 Å². The molecule has 9 nitrogen and oxygen atoms in total. The van der Waals surface area contributed by atoms with Crippen LogP contribution in [0.5, 0.6) is 0 Å². The topological polar surface area (TPSA) is 126 Å². The first-order valence-electron chi connectivity index (χ1n) is 10.6. The molecule has 0 bridgehead atoms. The highest BCUT2D eigenvalue weighted by Crippen LogP contribution is 2.27. The number of esters is 1. The molecule has 0 spiro atoms. The molecule has 0 unspecified atom stereocenters. The molecular formula is C24H22N4O5S. The van der Waals surface area contributed by atoms with Gasteiger partial charge in [-0.3, -0.25) is 14.4 Å². The Labute approximate surface area is 199 Å². The molecule has 34 heavy (non-hydrogen) atoms. The monoisotopic (exact) mass is 478 g/mol. The van der Waals surface area contributed by atoms with Crippen molar-refractivity contribution in [3.05, 3.63) is 76.3 Å². The quantitative estimate of drug-likeness (QED) is 0.448. The van der Waals surface area contributed by atoms with Crippen molar-refractivity contribution in [2.24, 2.45) is 0 Å². The van der Waals surface area contributed by atoms with E-state index in [0.29, 0.717) is 22.5 Å². The maximum atomic E-state index is 12.6. The van der Waals surface area contributed by atoms with Crippen LogP contribution in [0.3, 0.4) is 0 Å². The lowest BCUT2D eigenvalue weighted by molar-refractivity contribution is -0.118. The molecule has 0 saturated carbocycles. The SMILES string of the molecule is COC(=O)c1nc(NC(=O)CC[C@@H]2NC(=O)c3ccccc3NC2=O)sc1Cc1ccccc1. The van der Waals surface area contributed by atoms with Gasteiger partial charge < -0.3 is 20.7 Å². The van der Waals surface area contributed by atoms with Gasteiger partial charge in [0, 0.05) is 17.7 Å². The molecule has 174 valence electrons. The fraction of sp³-hybridized carbons (Fsp3) is 0.208. The van der Waals surface area contributed by atoms with Crippen molar-refractivity contribution < 1.29 is 23.9 Å². The summed E-state index contributed by atoms with van der Waals surface area (Å²) in [6, 6.07) is 15.4. The van der Waals surface area contributed by atoms with Crippen LogP contribution in [-0.2, 0) is 20.7 Å². The van der Waals surface area contributed by atoms with E-state index in [1.165, 1.54) is 18.4 Å². The number of rotatable bonds is 7. The third-order valence-corrected chi connectivity index (χ3v) is 6.21. The fourth-order valence-electron chi connectivity index (χ4n) is 3.53. The van der Waals surface area contributed by atoms with E-state index in [-0.39, 0.29) is 35.5 Å². The zero-order valence-corrected chi connectivity index (χ0v) is 19.1. The Morgan fingerprint density at radius 1 is 1.09 bits per heavy atom. The van der Waals surface area contributed by atoms with Crippen LogP contribution in [0.25, 0.3) is 0 Å². The van der Waals surface area contributed by atoms with E-state index < -0.39 is 17.9 Å². The number of fused-ring (bicyclic) bond motifs is 1. The van der Waals surface area contributed by atoms with Crippen LogP contribution in [-0.4, -0.2) is 41.8 Å². The number of amides is 3. The van der Waals surface area contributed by atoms with Crippen LogP contribution in [0.1, 0.15) is 44.1 Å².